The predicted molar refractivity (Wildman–Crippen MR) is 121 cm³/mol. The van der Waals surface area contributed by atoms with E-state index >= 15 is 0 Å². The maximum absolute atomic E-state index is 5.41. The molecule has 164 valence electrons. The van der Waals surface area contributed by atoms with Gasteiger partial charge in [0, 0.05) is 75.5 Å². The van der Waals surface area contributed by atoms with Crippen molar-refractivity contribution in [1.29, 1.82) is 0 Å². The molecule has 2 N–H and O–H groups in total. The Labute approximate surface area is 179 Å². The first-order chi connectivity index (χ1) is 14.6. The molecule has 0 amide bonds. The molecular weight excluding hydrogens is 380 g/mol. The molecule has 3 rings (SSSR count). The number of anilines is 1. The van der Waals surface area contributed by atoms with Crippen LogP contribution in [0.15, 0.2) is 41.7 Å². The molecule has 0 radical (unpaired) electrons. The molecule has 1 aromatic carbocycles. The number of nitrogens with one attached hydrogen (secondary N) is 2. The average Bonchev–Trinajstić information content (AvgIpc) is 3.29. The van der Waals surface area contributed by atoms with Crippen molar-refractivity contribution in [2.24, 2.45) is 10.9 Å². The van der Waals surface area contributed by atoms with Crippen molar-refractivity contribution in [3.05, 3.63) is 36.7 Å². The molecule has 1 atom stereocenters. The van der Waals surface area contributed by atoms with Gasteiger partial charge in [-0.2, -0.15) is 5.10 Å². The van der Waals surface area contributed by atoms with Gasteiger partial charge in [0.25, 0.3) is 0 Å². The van der Waals surface area contributed by atoms with E-state index in [1.807, 2.05) is 36.3 Å². The van der Waals surface area contributed by atoms with Crippen LogP contribution in [0, 0.1) is 5.92 Å². The van der Waals surface area contributed by atoms with Gasteiger partial charge in [0.15, 0.2) is 5.96 Å². The molecule has 1 fully saturated rings. The molecule has 0 aliphatic carbocycles. The highest BCUT2D eigenvalue weighted by molar-refractivity contribution is 5.80. The standard InChI is InChI=1S/C22H34N6O2/c1-17(16-28-9-5-8-25-28)15-24-22(23-2)26-18-6-10-27(11-7-18)19-12-20(29-3)14-21(13-19)30-4/h5,8-9,12-14,17-18H,6-7,10-11,15-16H2,1-4H3,(H2,23,24,26). The molecule has 1 unspecified atom stereocenters. The van der Waals surface area contributed by atoms with Crippen molar-refractivity contribution < 1.29 is 9.47 Å². The van der Waals surface area contributed by atoms with Gasteiger partial charge in [0.1, 0.15) is 11.5 Å². The lowest BCUT2D eigenvalue weighted by Gasteiger charge is -2.35. The fraction of sp³-hybridized carbons (Fsp3) is 0.545. The average molecular weight is 415 g/mol. The smallest absolute Gasteiger partial charge is 0.191 e. The van der Waals surface area contributed by atoms with E-state index in [0.29, 0.717) is 12.0 Å². The van der Waals surface area contributed by atoms with E-state index in [1.54, 1.807) is 14.2 Å². The highest BCUT2D eigenvalue weighted by Crippen LogP contribution is 2.30. The van der Waals surface area contributed by atoms with Crippen molar-refractivity contribution >= 4 is 11.6 Å². The van der Waals surface area contributed by atoms with Crippen LogP contribution in [0.25, 0.3) is 0 Å². The highest BCUT2D eigenvalue weighted by atomic mass is 16.5. The monoisotopic (exact) mass is 414 g/mol. The summed E-state index contributed by atoms with van der Waals surface area (Å²) in [5.41, 5.74) is 1.14. The van der Waals surface area contributed by atoms with Crippen molar-refractivity contribution in [3.63, 3.8) is 0 Å². The van der Waals surface area contributed by atoms with E-state index in [-0.39, 0.29) is 0 Å². The number of nitrogens with zero attached hydrogens (tertiary/aromatic N) is 4. The molecule has 8 nitrogen and oxygen atoms in total. The number of guanidine groups is 1. The number of aliphatic imine (C=N–C) groups is 1. The summed E-state index contributed by atoms with van der Waals surface area (Å²) in [4.78, 5) is 6.78. The molecule has 1 aliphatic heterocycles. The van der Waals surface area contributed by atoms with Crippen LogP contribution in [-0.2, 0) is 6.54 Å². The second-order valence-corrected chi connectivity index (χ2v) is 7.76. The summed E-state index contributed by atoms with van der Waals surface area (Å²) in [5, 5.41) is 11.3. The van der Waals surface area contributed by atoms with Crippen LogP contribution in [0.3, 0.4) is 0 Å². The lowest BCUT2D eigenvalue weighted by Crippen LogP contribution is -2.49. The first kappa shape index (κ1) is 21.8. The number of aromatic nitrogens is 2. The summed E-state index contributed by atoms with van der Waals surface area (Å²) in [6.45, 7) is 5.89. The largest absolute Gasteiger partial charge is 0.497 e. The number of methoxy groups -OCH3 is 2. The molecule has 0 bridgehead atoms. The summed E-state index contributed by atoms with van der Waals surface area (Å²) in [6.07, 6.45) is 5.90. The fourth-order valence-electron chi connectivity index (χ4n) is 3.71. The topological polar surface area (TPSA) is 75.9 Å². The van der Waals surface area contributed by atoms with Crippen LogP contribution < -0.4 is 25.0 Å². The van der Waals surface area contributed by atoms with E-state index in [9.17, 15) is 0 Å². The van der Waals surface area contributed by atoms with Crippen LogP contribution in [0.2, 0.25) is 0 Å². The van der Waals surface area contributed by atoms with E-state index < -0.39 is 0 Å². The van der Waals surface area contributed by atoms with Crippen LogP contribution in [0.5, 0.6) is 11.5 Å². The van der Waals surface area contributed by atoms with Gasteiger partial charge in [0.05, 0.1) is 14.2 Å². The lowest BCUT2D eigenvalue weighted by atomic mass is 10.0. The molecule has 2 heterocycles. The van der Waals surface area contributed by atoms with Gasteiger partial charge in [-0.3, -0.25) is 9.67 Å². The van der Waals surface area contributed by atoms with Gasteiger partial charge < -0.3 is 25.0 Å². The second kappa shape index (κ2) is 10.8. The molecule has 0 spiro atoms. The zero-order valence-electron chi connectivity index (χ0n) is 18.5. The Kier molecular flexibility index (Phi) is 7.82. The van der Waals surface area contributed by atoms with Gasteiger partial charge in [-0.1, -0.05) is 6.92 Å². The Bertz CT molecular complexity index is 778. The third-order valence-electron chi connectivity index (χ3n) is 5.44. The Hall–Kier alpha value is -2.90. The third kappa shape index (κ3) is 6.05. The summed E-state index contributed by atoms with van der Waals surface area (Å²) in [5.74, 6) is 2.95. The summed E-state index contributed by atoms with van der Waals surface area (Å²) >= 11 is 0. The second-order valence-electron chi connectivity index (χ2n) is 7.76. The van der Waals surface area contributed by atoms with Crippen LogP contribution in [-0.4, -0.2) is 62.7 Å². The Morgan fingerprint density at radius 3 is 2.47 bits per heavy atom. The predicted octanol–water partition coefficient (Wildman–Crippen LogP) is 2.37. The number of hydrogen-bond acceptors (Lipinski definition) is 5. The van der Waals surface area contributed by atoms with Crippen molar-refractivity contribution in [2.75, 3.05) is 45.8 Å². The van der Waals surface area contributed by atoms with E-state index in [2.05, 4.69) is 44.7 Å². The van der Waals surface area contributed by atoms with Crippen LogP contribution in [0.1, 0.15) is 19.8 Å². The molecule has 8 heteroatoms. The quantitative estimate of drug-likeness (QED) is 0.510. The van der Waals surface area contributed by atoms with Crippen molar-refractivity contribution in [1.82, 2.24) is 20.4 Å². The molecule has 1 saturated heterocycles. The Morgan fingerprint density at radius 2 is 1.90 bits per heavy atom. The fourth-order valence-corrected chi connectivity index (χ4v) is 3.71. The Morgan fingerprint density at radius 1 is 1.20 bits per heavy atom. The van der Waals surface area contributed by atoms with Gasteiger partial charge in [-0.05, 0) is 24.8 Å². The summed E-state index contributed by atoms with van der Waals surface area (Å²) < 4.78 is 12.8. The number of rotatable bonds is 8. The zero-order chi connectivity index (χ0) is 21.3. The first-order valence-corrected chi connectivity index (χ1v) is 10.5. The molecule has 0 saturated carbocycles. The maximum Gasteiger partial charge on any atom is 0.191 e. The normalized spacial score (nSPS) is 16.3. The van der Waals surface area contributed by atoms with Gasteiger partial charge in [-0.25, -0.2) is 0 Å². The molecular formula is C22H34N6O2. The van der Waals surface area contributed by atoms with Crippen LogP contribution >= 0.6 is 0 Å². The minimum Gasteiger partial charge on any atom is -0.497 e. The molecule has 30 heavy (non-hydrogen) atoms. The summed E-state index contributed by atoms with van der Waals surface area (Å²) in [6, 6.07) is 8.40. The van der Waals surface area contributed by atoms with Crippen molar-refractivity contribution in [3.8, 4) is 11.5 Å². The maximum atomic E-state index is 5.41. The van der Waals surface area contributed by atoms with E-state index in [1.165, 1.54) is 0 Å². The number of ether oxygens (including phenoxy) is 2. The number of piperidine rings is 1. The third-order valence-corrected chi connectivity index (χ3v) is 5.44. The van der Waals surface area contributed by atoms with Crippen LogP contribution in [0.4, 0.5) is 5.69 Å². The molecule has 2 aromatic rings. The van der Waals surface area contributed by atoms with Gasteiger partial charge in [0.2, 0.25) is 0 Å². The van der Waals surface area contributed by atoms with Gasteiger partial charge in [-0.15, -0.1) is 0 Å². The minimum atomic E-state index is 0.404. The van der Waals surface area contributed by atoms with E-state index in [0.717, 1.165) is 62.2 Å². The number of hydrogen-bond donors (Lipinski definition) is 2. The highest BCUT2D eigenvalue weighted by Gasteiger charge is 2.21. The minimum absolute atomic E-state index is 0.404. The zero-order valence-corrected chi connectivity index (χ0v) is 18.5. The molecule has 1 aromatic heterocycles. The SMILES string of the molecule is CN=C(NCC(C)Cn1cccn1)NC1CCN(c2cc(OC)cc(OC)c2)CC1. The molecule has 1 aliphatic rings. The summed E-state index contributed by atoms with van der Waals surface area (Å²) in [7, 11) is 5.19. The first-order valence-electron chi connectivity index (χ1n) is 10.5. The van der Waals surface area contributed by atoms with Crippen molar-refractivity contribution in [2.45, 2.75) is 32.4 Å². The van der Waals surface area contributed by atoms with E-state index in [4.69, 9.17) is 9.47 Å². The Balaban J connectivity index is 1.46. The lowest BCUT2D eigenvalue weighted by molar-refractivity contribution is 0.393. The van der Waals surface area contributed by atoms with Gasteiger partial charge >= 0.3 is 0 Å². The number of benzene rings is 1.